The molecule has 0 radical (unpaired) electrons. The highest BCUT2D eigenvalue weighted by Gasteiger charge is 2.21. The predicted molar refractivity (Wildman–Crippen MR) is 65.0 cm³/mol. The Hall–Kier alpha value is -1.05. The van der Waals surface area contributed by atoms with Crippen LogP contribution < -0.4 is 10.6 Å². The maximum absolute atomic E-state index is 11.5. The molecule has 1 aliphatic rings. The highest BCUT2D eigenvalue weighted by atomic mass is 16.2. The largest absolute Gasteiger partial charge is 0.344 e. The number of piperidine rings is 1. The summed E-state index contributed by atoms with van der Waals surface area (Å²) in [5, 5.41) is 6.06. The van der Waals surface area contributed by atoms with Crippen molar-refractivity contribution in [2.75, 3.05) is 32.7 Å². The summed E-state index contributed by atoms with van der Waals surface area (Å²) in [7, 11) is 0. The normalized spacial score (nSPS) is 20.4. The molecule has 1 amide bonds. The standard InChI is InChI=1S/C12H21N3O/c1-3-7-14-12(16)10-15(4-2)11-6-5-8-13-9-11/h1,11,13H,4-10H2,2H3,(H,14,16). The molecule has 0 bridgehead atoms. The molecule has 0 spiro atoms. The second-order valence-corrected chi connectivity index (χ2v) is 4.04. The third-order valence-corrected chi connectivity index (χ3v) is 2.93. The fourth-order valence-electron chi connectivity index (χ4n) is 2.03. The molecule has 4 nitrogen and oxygen atoms in total. The van der Waals surface area contributed by atoms with Gasteiger partial charge in [-0.25, -0.2) is 0 Å². The molecule has 1 fully saturated rings. The Balaban J connectivity index is 2.35. The summed E-state index contributed by atoms with van der Waals surface area (Å²) in [6, 6.07) is 0.482. The summed E-state index contributed by atoms with van der Waals surface area (Å²) in [6.45, 7) is 5.83. The third kappa shape index (κ3) is 4.21. The van der Waals surface area contributed by atoms with Crippen LogP contribution in [0.1, 0.15) is 19.8 Å². The second kappa shape index (κ2) is 7.26. The Morgan fingerprint density at radius 2 is 2.50 bits per heavy atom. The Morgan fingerprint density at radius 3 is 3.06 bits per heavy atom. The van der Waals surface area contributed by atoms with E-state index in [9.17, 15) is 4.79 Å². The number of amides is 1. The maximum atomic E-state index is 11.5. The Labute approximate surface area is 97.8 Å². The molecular weight excluding hydrogens is 202 g/mol. The molecule has 0 aromatic heterocycles. The minimum Gasteiger partial charge on any atom is -0.344 e. The molecule has 0 aromatic carbocycles. The van der Waals surface area contributed by atoms with Crippen LogP contribution in [0.5, 0.6) is 0 Å². The van der Waals surface area contributed by atoms with Crippen molar-refractivity contribution in [2.24, 2.45) is 0 Å². The van der Waals surface area contributed by atoms with Crippen molar-refractivity contribution < 1.29 is 4.79 Å². The summed E-state index contributed by atoms with van der Waals surface area (Å²) >= 11 is 0. The average molecular weight is 223 g/mol. The first-order valence-corrected chi connectivity index (χ1v) is 5.92. The fourth-order valence-corrected chi connectivity index (χ4v) is 2.03. The van der Waals surface area contributed by atoms with Gasteiger partial charge in [-0.3, -0.25) is 9.69 Å². The number of nitrogens with one attached hydrogen (secondary N) is 2. The van der Waals surface area contributed by atoms with Crippen LogP contribution in [0.15, 0.2) is 0 Å². The van der Waals surface area contributed by atoms with Crippen LogP contribution in [-0.4, -0.2) is 49.6 Å². The number of hydrogen-bond acceptors (Lipinski definition) is 3. The van der Waals surface area contributed by atoms with E-state index >= 15 is 0 Å². The van der Waals surface area contributed by atoms with Gasteiger partial charge in [0.05, 0.1) is 13.1 Å². The summed E-state index contributed by atoms with van der Waals surface area (Å²) < 4.78 is 0. The fraction of sp³-hybridized carbons (Fsp3) is 0.750. The van der Waals surface area contributed by atoms with Crippen molar-refractivity contribution in [3.63, 3.8) is 0 Å². The van der Waals surface area contributed by atoms with Gasteiger partial charge in [-0.1, -0.05) is 12.8 Å². The van der Waals surface area contributed by atoms with E-state index in [2.05, 4.69) is 28.4 Å². The zero-order chi connectivity index (χ0) is 11.8. The minimum absolute atomic E-state index is 0.0189. The van der Waals surface area contributed by atoms with Crippen molar-refractivity contribution in [1.82, 2.24) is 15.5 Å². The van der Waals surface area contributed by atoms with E-state index in [4.69, 9.17) is 6.42 Å². The lowest BCUT2D eigenvalue weighted by atomic mass is 10.1. The monoisotopic (exact) mass is 223 g/mol. The second-order valence-electron chi connectivity index (χ2n) is 4.04. The number of hydrogen-bond donors (Lipinski definition) is 2. The van der Waals surface area contributed by atoms with Crippen molar-refractivity contribution >= 4 is 5.91 Å². The zero-order valence-electron chi connectivity index (χ0n) is 9.96. The number of terminal acetylenes is 1. The van der Waals surface area contributed by atoms with Crippen LogP contribution in [0.4, 0.5) is 0 Å². The predicted octanol–water partition coefficient (Wildman–Crippen LogP) is -0.190. The first-order chi connectivity index (χ1) is 7.77. The third-order valence-electron chi connectivity index (χ3n) is 2.93. The van der Waals surface area contributed by atoms with Crippen LogP contribution in [0.2, 0.25) is 0 Å². The Kier molecular flexibility index (Phi) is 5.91. The molecule has 1 saturated heterocycles. The first-order valence-electron chi connectivity index (χ1n) is 5.92. The quantitative estimate of drug-likeness (QED) is 0.635. The van der Waals surface area contributed by atoms with Gasteiger partial charge in [-0.05, 0) is 25.9 Å². The van der Waals surface area contributed by atoms with Gasteiger partial charge in [0, 0.05) is 12.6 Å². The molecule has 1 unspecified atom stereocenters. The van der Waals surface area contributed by atoms with E-state index < -0.39 is 0 Å². The van der Waals surface area contributed by atoms with Gasteiger partial charge in [0.1, 0.15) is 0 Å². The van der Waals surface area contributed by atoms with Gasteiger partial charge in [0.2, 0.25) is 5.91 Å². The van der Waals surface area contributed by atoms with Crippen LogP contribution in [0, 0.1) is 12.3 Å². The lowest BCUT2D eigenvalue weighted by Crippen LogP contribution is -2.49. The van der Waals surface area contributed by atoms with Gasteiger partial charge in [-0.2, -0.15) is 0 Å². The van der Waals surface area contributed by atoms with Gasteiger partial charge in [-0.15, -0.1) is 6.42 Å². The van der Waals surface area contributed by atoms with Crippen molar-refractivity contribution in [2.45, 2.75) is 25.8 Å². The molecule has 2 N–H and O–H groups in total. The molecule has 0 aliphatic carbocycles. The SMILES string of the molecule is C#CCNC(=O)CN(CC)C1CCCNC1. The van der Waals surface area contributed by atoms with Crippen LogP contribution in [0.25, 0.3) is 0 Å². The molecule has 0 aromatic rings. The first kappa shape index (κ1) is 13.0. The van der Waals surface area contributed by atoms with E-state index in [1.54, 1.807) is 0 Å². The molecule has 1 aliphatic heterocycles. The molecule has 0 saturated carbocycles. The molecular formula is C12H21N3O. The van der Waals surface area contributed by atoms with Gasteiger partial charge in [0.15, 0.2) is 0 Å². The highest BCUT2D eigenvalue weighted by molar-refractivity contribution is 5.78. The molecule has 1 heterocycles. The number of likely N-dealkylation sites (N-methyl/N-ethyl adjacent to an activating group) is 1. The smallest absolute Gasteiger partial charge is 0.234 e. The van der Waals surface area contributed by atoms with E-state index in [1.807, 2.05) is 0 Å². The molecule has 4 heteroatoms. The van der Waals surface area contributed by atoms with Crippen molar-refractivity contribution in [3.05, 3.63) is 0 Å². The average Bonchev–Trinajstić information content (AvgIpc) is 2.34. The van der Waals surface area contributed by atoms with E-state index in [1.165, 1.54) is 12.8 Å². The van der Waals surface area contributed by atoms with Gasteiger partial charge in [0.25, 0.3) is 0 Å². The number of carbonyl (C=O) groups excluding carboxylic acids is 1. The van der Waals surface area contributed by atoms with Gasteiger partial charge >= 0.3 is 0 Å². The number of carbonyl (C=O) groups is 1. The number of rotatable bonds is 5. The van der Waals surface area contributed by atoms with Crippen LogP contribution in [-0.2, 0) is 4.79 Å². The van der Waals surface area contributed by atoms with E-state index in [-0.39, 0.29) is 5.91 Å². The Bertz CT molecular complexity index is 253. The van der Waals surface area contributed by atoms with Crippen LogP contribution in [0.3, 0.4) is 0 Å². The Morgan fingerprint density at radius 1 is 1.69 bits per heavy atom. The van der Waals surface area contributed by atoms with Crippen LogP contribution >= 0.6 is 0 Å². The molecule has 16 heavy (non-hydrogen) atoms. The number of nitrogens with zero attached hydrogens (tertiary/aromatic N) is 1. The van der Waals surface area contributed by atoms with Crippen molar-refractivity contribution in [1.29, 1.82) is 0 Å². The summed E-state index contributed by atoms with van der Waals surface area (Å²) in [6.07, 6.45) is 7.45. The zero-order valence-corrected chi connectivity index (χ0v) is 9.96. The summed E-state index contributed by atoms with van der Waals surface area (Å²) in [5.74, 6) is 2.43. The topological polar surface area (TPSA) is 44.4 Å². The lowest BCUT2D eigenvalue weighted by molar-refractivity contribution is -0.122. The van der Waals surface area contributed by atoms with Crippen molar-refractivity contribution in [3.8, 4) is 12.3 Å². The van der Waals surface area contributed by atoms with E-state index in [0.717, 1.165) is 19.6 Å². The molecule has 1 rings (SSSR count). The molecule has 90 valence electrons. The summed E-state index contributed by atoms with van der Waals surface area (Å²) in [4.78, 5) is 13.8. The van der Waals surface area contributed by atoms with Gasteiger partial charge < -0.3 is 10.6 Å². The maximum Gasteiger partial charge on any atom is 0.234 e. The molecule has 1 atom stereocenters. The van der Waals surface area contributed by atoms with E-state index in [0.29, 0.717) is 19.1 Å². The summed E-state index contributed by atoms with van der Waals surface area (Å²) in [5.41, 5.74) is 0. The minimum atomic E-state index is 0.0189. The lowest BCUT2D eigenvalue weighted by Gasteiger charge is -2.33. The highest BCUT2D eigenvalue weighted by Crippen LogP contribution is 2.09.